The summed E-state index contributed by atoms with van der Waals surface area (Å²) in [5, 5.41) is 16.8. The molecule has 0 saturated carbocycles. The average molecular weight is 211 g/mol. The third-order valence-corrected chi connectivity index (χ3v) is 1.68. The SMILES string of the molecule is N#CCc1cc(C#N)ncc1C(F)(F)F. The number of hydrogen-bond donors (Lipinski definition) is 0. The summed E-state index contributed by atoms with van der Waals surface area (Å²) in [6.07, 6.45) is -4.37. The van der Waals surface area contributed by atoms with Crippen molar-refractivity contribution >= 4 is 0 Å². The van der Waals surface area contributed by atoms with Gasteiger partial charge in [-0.15, -0.1) is 0 Å². The highest BCUT2D eigenvalue weighted by Gasteiger charge is 2.33. The Balaban J connectivity index is 3.30. The van der Waals surface area contributed by atoms with E-state index >= 15 is 0 Å². The summed E-state index contributed by atoms with van der Waals surface area (Å²) >= 11 is 0. The first kappa shape index (κ1) is 11.0. The van der Waals surface area contributed by atoms with Gasteiger partial charge in [-0.1, -0.05) is 0 Å². The van der Waals surface area contributed by atoms with Gasteiger partial charge in [0.15, 0.2) is 0 Å². The Morgan fingerprint density at radius 2 is 2.00 bits per heavy atom. The van der Waals surface area contributed by atoms with Crippen LogP contribution in [0.15, 0.2) is 12.3 Å². The van der Waals surface area contributed by atoms with Crippen LogP contribution >= 0.6 is 0 Å². The number of alkyl halides is 3. The predicted molar refractivity (Wildman–Crippen MR) is 43.3 cm³/mol. The summed E-state index contributed by atoms with van der Waals surface area (Å²) in [6.45, 7) is 0. The van der Waals surface area contributed by atoms with Crippen LogP contribution in [0.3, 0.4) is 0 Å². The van der Waals surface area contributed by atoms with Gasteiger partial charge in [0.25, 0.3) is 0 Å². The highest BCUT2D eigenvalue weighted by atomic mass is 19.4. The fourth-order valence-corrected chi connectivity index (χ4v) is 1.04. The molecule has 0 unspecified atom stereocenters. The first-order valence-electron chi connectivity index (χ1n) is 3.82. The van der Waals surface area contributed by atoms with Crippen molar-refractivity contribution in [1.82, 2.24) is 4.98 Å². The molecule has 76 valence electrons. The minimum atomic E-state index is -4.55. The van der Waals surface area contributed by atoms with Crippen molar-refractivity contribution in [3.63, 3.8) is 0 Å². The van der Waals surface area contributed by atoms with E-state index in [0.717, 1.165) is 6.07 Å². The molecule has 0 aliphatic heterocycles. The zero-order chi connectivity index (χ0) is 11.5. The summed E-state index contributed by atoms with van der Waals surface area (Å²) in [5.41, 5.74) is -1.33. The highest BCUT2D eigenvalue weighted by molar-refractivity contribution is 5.35. The molecular formula is C9H4F3N3. The topological polar surface area (TPSA) is 60.5 Å². The molecule has 6 heteroatoms. The molecule has 0 aliphatic rings. The Morgan fingerprint density at radius 1 is 1.33 bits per heavy atom. The molecule has 1 aromatic heterocycles. The molecule has 0 bridgehead atoms. The molecule has 0 fully saturated rings. The summed E-state index contributed by atoms with van der Waals surface area (Å²) in [5.74, 6) is 0. The van der Waals surface area contributed by atoms with E-state index in [4.69, 9.17) is 10.5 Å². The van der Waals surface area contributed by atoms with Gasteiger partial charge in [0.1, 0.15) is 11.8 Å². The zero-order valence-electron chi connectivity index (χ0n) is 7.34. The number of rotatable bonds is 1. The lowest BCUT2D eigenvalue weighted by atomic mass is 10.1. The van der Waals surface area contributed by atoms with Crippen molar-refractivity contribution in [3.05, 3.63) is 29.1 Å². The van der Waals surface area contributed by atoms with Gasteiger partial charge in [-0.3, -0.25) is 0 Å². The normalized spacial score (nSPS) is 10.5. The molecule has 0 spiro atoms. The molecule has 0 aromatic carbocycles. The molecule has 0 saturated heterocycles. The molecule has 0 atom stereocenters. The number of hydrogen-bond acceptors (Lipinski definition) is 3. The minimum Gasteiger partial charge on any atom is -0.245 e. The van der Waals surface area contributed by atoms with E-state index in [1.807, 2.05) is 0 Å². The van der Waals surface area contributed by atoms with Gasteiger partial charge in [0, 0.05) is 6.20 Å². The second kappa shape index (κ2) is 3.97. The van der Waals surface area contributed by atoms with E-state index in [2.05, 4.69) is 4.98 Å². The van der Waals surface area contributed by atoms with Gasteiger partial charge in [-0.05, 0) is 11.6 Å². The van der Waals surface area contributed by atoms with Crippen LogP contribution in [0.1, 0.15) is 16.8 Å². The van der Waals surface area contributed by atoms with E-state index in [1.54, 1.807) is 12.1 Å². The van der Waals surface area contributed by atoms with Crippen LogP contribution in [0, 0.1) is 22.7 Å². The lowest BCUT2D eigenvalue weighted by Crippen LogP contribution is -2.10. The van der Waals surface area contributed by atoms with Crippen molar-refractivity contribution in [2.45, 2.75) is 12.6 Å². The Morgan fingerprint density at radius 3 is 2.47 bits per heavy atom. The van der Waals surface area contributed by atoms with Crippen LogP contribution in [0.25, 0.3) is 0 Å². The second-order valence-electron chi connectivity index (χ2n) is 2.67. The molecule has 3 nitrogen and oxygen atoms in total. The maximum absolute atomic E-state index is 12.4. The molecule has 1 rings (SSSR count). The van der Waals surface area contributed by atoms with Crippen LogP contribution in [0.5, 0.6) is 0 Å². The van der Waals surface area contributed by atoms with E-state index < -0.39 is 18.2 Å². The van der Waals surface area contributed by atoms with Gasteiger partial charge in [-0.2, -0.15) is 23.7 Å². The van der Waals surface area contributed by atoms with E-state index in [-0.39, 0.29) is 11.3 Å². The van der Waals surface area contributed by atoms with Crippen molar-refractivity contribution in [1.29, 1.82) is 10.5 Å². The fourth-order valence-electron chi connectivity index (χ4n) is 1.04. The summed E-state index contributed by atoms with van der Waals surface area (Å²) in [7, 11) is 0. The zero-order valence-corrected chi connectivity index (χ0v) is 7.34. The number of aromatic nitrogens is 1. The van der Waals surface area contributed by atoms with Gasteiger partial charge in [0.2, 0.25) is 0 Å². The van der Waals surface area contributed by atoms with E-state index in [9.17, 15) is 13.2 Å². The van der Waals surface area contributed by atoms with Crippen molar-refractivity contribution in [2.75, 3.05) is 0 Å². The lowest BCUT2D eigenvalue weighted by Gasteiger charge is -2.09. The van der Waals surface area contributed by atoms with Crippen molar-refractivity contribution < 1.29 is 13.2 Å². The third-order valence-electron chi connectivity index (χ3n) is 1.68. The van der Waals surface area contributed by atoms with Gasteiger partial charge in [0.05, 0.1) is 18.1 Å². The summed E-state index contributed by atoms with van der Waals surface area (Å²) in [6, 6.07) is 4.21. The maximum Gasteiger partial charge on any atom is 0.418 e. The second-order valence-corrected chi connectivity index (χ2v) is 2.67. The van der Waals surface area contributed by atoms with Crippen molar-refractivity contribution in [3.8, 4) is 12.1 Å². The summed E-state index contributed by atoms with van der Waals surface area (Å²) in [4.78, 5) is 3.32. The Bertz CT molecular complexity index is 451. The summed E-state index contributed by atoms with van der Waals surface area (Å²) < 4.78 is 37.1. The largest absolute Gasteiger partial charge is 0.418 e. The van der Waals surface area contributed by atoms with Crippen LogP contribution < -0.4 is 0 Å². The van der Waals surface area contributed by atoms with E-state index in [0.29, 0.717) is 6.20 Å². The molecule has 0 radical (unpaired) electrons. The molecule has 1 heterocycles. The third kappa shape index (κ3) is 2.44. The molecule has 15 heavy (non-hydrogen) atoms. The smallest absolute Gasteiger partial charge is 0.245 e. The number of pyridine rings is 1. The average Bonchev–Trinajstić information content (AvgIpc) is 2.16. The Hall–Kier alpha value is -2.08. The predicted octanol–water partition coefficient (Wildman–Crippen LogP) is 2.04. The Kier molecular flexibility index (Phi) is 2.91. The monoisotopic (exact) mass is 211 g/mol. The van der Waals surface area contributed by atoms with Crippen LogP contribution in [0.4, 0.5) is 13.2 Å². The Labute approximate surface area is 83.4 Å². The molecule has 1 aromatic rings. The first-order chi connectivity index (χ1) is 6.99. The quantitative estimate of drug-likeness (QED) is 0.714. The van der Waals surface area contributed by atoms with Gasteiger partial charge < -0.3 is 0 Å². The minimum absolute atomic E-state index is 0.131. The molecule has 0 aliphatic carbocycles. The van der Waals surface area contributed by atoms with Crippen LogP contribution in [0.2, 0.25) is 0 Å². The standard InChI is InChI=1S/C9H4F3N3/c10-9(11,12)8-5-15-7(4-14)3-6(8)1-2-13/h3,5H,1H2. The molecule has 0 amide bonds. The highest BCUT2D eigenvalue weighted by Crippen LogP contribution is 2.31. The van der Waals surface area contributed by atoms with Crippen molar-refractivity contribution in [2.24, 2.45) is 0 Å². The number of nitrogens with zero attached hydrogens (tertiary/aromatic N) is 3. The first-order valence-corrected chi connectivity index (χ1v) is 3.82. The van der Waals surface area contributed by atoms with Gasteiger partial charge in [-0.25, -0.2) is 4.98 Å². The van der Waals surface area contributed by atoms with Gasteiger partial charge >= 0.3 is 6.18 Å². The maximum atomic E-state index is 12.4. The molecule has 0 N–H and O–H groups in total. The number of nitriles is 2. The molecular weight excluding hydrogens is 207 g/mol. The lowest BCUT2D eigenvalue weighted by molar-refractivity contribution is -0.138. The number of halogens is 3. The van der Waals surface area contributed by atoms with Crippen LogP contribution in [-0.4, -0.2) is 4.98 Å². The van der Waals surface area contributed by atoms with Crippen LogP contribution in [-0.2, 0) is 12.6 Å². The van der Waals surface area contributed by atoms with E-state index in [1.165, 1.54) is 0 Å². The fraction of sp³-hybridized carbons (Fsp3) is 0.222.